The second-order valence-corrected chi connectivity index (χ2v) is 6.54. The number of tetrazole rings is 1. The molecule has 0 fully saturated rings. The van der Waals surface area contributed by atoms with Crippen molar-refractivity contribution >= 4 is 39.1 Å². The van der Waals surface area contributed by atoms with Crippen LogP contribution in [0.5, 0.6) is 0 Å². The van der Waals surface area contributed by atoms with Crippen LogP contribution in [0.2, 0.25) is 0 Å². The fraction of sp³-hybridized carbons (Fsp3) is 0. The van der Waals surface area contributed by atoms with Gasteiger partial charge in [0.1, 0.15) is 0 Å². The van der Waals surface area contributed by atoms with Gasteiger partial charge in [0.25, 0.3) is 11.4 Å². The maximum Gasteiger partial charge on any atom is 0.290 e. The summed E-state index contributed by atoms with van der Waals surface area (Å²) in [5, 5.41) is 33.6. The summed E-state index contributed by atoms with van der Waals surface area (Å²) in [4.78, 5) is 20.9. The van der Waals surface area contributed by atoms with E-state index in [0.717, 1.165) is 22.3 Å². The third-order valence-electron chi connectivity index (χ3n) is 3.06. The van der Waals surface area contributed by atoms with Crippen molar-refractivity contribution in [1.29, 1.82) is 0 Å². The monoisotopic (exact) mass is 422 g/mol. The first-order valence-electron chi connectivity index (χ1n) is 6.60. The van der Waals surface area contributed by atoms with Gasteiger partial charge in [-0.2, -0.15) is 4.68 Å². The van der Waals surface area contributed by atoms with Crippen molar-refractivity contribution < 1.29 is 9.85 Å². The van der Waals surface area contributed by atoms with Gasteiger partial charge in [0.2, 0.25) is 5.16 Å². The van der Waals surface area contributed by atoms with E-state index in [1.807, 2.05) is 0 Å². The lowest BCUT2D eigenvalue weighted by molar-refractivity contribution is -0.396. The second-order valence-electron chi connectivity index (χ2n) is 4.62. The first-order valence-corrected chi connectivity index (χ1v) is 8.21. The Bertz CT molecular complexity index is 961. The molecule has 25 heavy (non-hydrogen) atoms. The number of halogens is 1. The SMILES string of the molecule is O=[N+]([O-])c1ccc(Sc2nnnn2-c2ccc(Br)cc2)c([N+](=O)[O-])c1. The molecule has 0 aliphatic rings. The molecule has 0 bridgehead atoms. The summed E-state index contributed by atoms with van der Waals surface area (Å²) in [7, 11) is 0. The highest BCUT2D eigenvalue weighted by Crippen LogP contribution is 2.36. The van der Waals surface area contributed by atoms with E-state index < -0.39 is 9.85 Å². The van der Waals surface area contributed by atoms with Crippen molar-refractivity contribution in [2.24, 2.45) is 0 Å². The highest BCUT2D eigenvalue weighted by Gasteiger charge is 2.22. The molecule has 0 amide bonds. The molecule has 0 saturated carbocycles. The van der Waals surface area contributed by atoms with Crippen LogP contribution in [0, 0.1) is 20.2 Å². The molecule has 0 unspecified atom stereocenters. The van der Waals surface area contributed by atoms with Crippen LogP contribution in [0.15, 0.2) is 57.0 Å². The number of hydrogen-bond donors (Lipinski definition) is 0. The van der Waals surface area contributed by atoms with Gasteiger partial charge in [0.15, 0.2) is 0 Å². The van der Waals surface area contributed by atoms with E-state index in [1.165, 1.54) is 16.8 Å². The van der Waals surface area contributed by atoms with Gasteiger partial charge in [0, 0.05) is 10.5 Å². The Labute approximate surface area is 152 Å². The standard InChI is InChI=1S/C13H7BrN6O4S/c14-8-1-3-9(4-2-8)18-13(15-16-17-18)25-12-6-5-10(19(21)22)7-11(12)20(23)24/h1-7H. The third kappa shape index (κ3) is 3.64. The largest absolute Gasteiger partial charge is 0.290 e. The maximum absolute atomic E-state index is 11.2. The third-order valence-corrected chi connectivity index (χ3v) is 4.59. The topological polar surface area (TPSA) is 130 Å². The summed E-state index contributed by atoms with van der Waals surface area (Å²) in [5.41, 5.74) is -0.0756. The average Bonchev–Trinajstić information content (AvgIpc) is 3.03. The Morgan fingerprint density at radius 2 is 1.76 bits per heavy atom. The molecule has 12 heteroatoms. The predicted molar refractivity (Wildman–Crippen MR) is 90.7 cm³/mol. The molecule has 1 aromatic heterocycles. The van der Waals surface area contributed by atoms with E-state index in [0.29, 0.717) is 10.8 Å². The number of aromatic nitrogens is 4. The van der Waals surface area contributed by atoms with Crippen LogP contribution in [0.3, 0.4) is 0 Å². The number of non-ortho nitro benzene ring substituents is 1. The van der Waals surface area contributed by atoms with E-state index in [-0.39, 0.29) is 16.3 Å². The van der Waals surface area contributed by atoms with Crippen LogP contribution >= 0.6 is 27.7 Å². The Hall–Kier alpha value is -2.86. The van der Waals surface area contributed by atoms with Crippen molar-refractivity contribution in [1.82, 2.24) is 20.2 Å². The van der Waals surface area contributed by atoms with Crippen LogP contribution in [0.4, 0.5) is 11.4 Å². The molecular formula is C13H7BrN6O4S. The predicted octanol–water partition coefficient (Wildman–Crippen LogP) is 3.39. The van der Waals surface area contributed by atoms with E-state index in [1.54, 1.807) is 24.3 Å². The first-order chi connectivity index (χ1) is 12.0. The smallest absolute Gasteiger partial charge is 0.258 e. The van der Waals surface area contributed by atoms with Gasteiger partial charge in [0.05, 0.1) is 26.5 Å². The molecule has 2 aromatic carbocycles. The Morgan fingerprint density at radius 1 is 1.04 bits per heavy atom. The van der Waals surface area contributed by atoms with Gasteiger partial charge in [-0.25, -0.2) is 0 Å². The molecule has 10 nitrogen and oxygen atoms in total. The Balaban J connectivity index is 1.99. The summed E-state index contributed by atoms with van der Waals surface area (Å²) in [6.45, 7) is 0. The van der Waals surface area contributed by atoms with Crippen LogP contribution < -0.4 is 0 Å². The van der Waals surface area contributed by atoms with Crippen molar-refractivity contribution in [3.63, 3.8) is 0 Å². The highest BCUT2D eigenvalue weighted by molar-refractivity contribution is 9.10. The maximum atomic E-state index is 11.2. The molecule has 1 heterocycles. The molecule has 0 atom stereocenters. The van der Waals surface area contributed by atoms with Gasteiger partial charge in [-0.05, 0) is 52.5 Å². The number of benzene rings is 2. The van der Waals surface area contributed by atoms with E-state index >= 15 is 0 Å². The summed E-state index contributed by atoms with van der Waals surface area (Å²) in [6.07, 6.45) is 0. The zero-order chi connectivity index (χ0) is 18.0. The summed E-state index contributed by atoms with van der Waals surface area (Å²) in [6, 6.07) is 10.6. The lowest BCUT2D eigenvalue weighted by atomic mass is 10.3. The molecule has 0 saturated heterocycles. The van der Waals surface area contributed by atoms with Gasteiger partial charge >= 0.3 is 0 Å². The Morgan fingerprint density at radius 3 is 2.40 bits per heavy atom. The average molecular weight is 423 g/mol. The minimum Gasteiger partial charge on any atom is -0.258 e. The second kappa shape index (κ2) is 6.94. The molecule has 0 aliphatic carbocycles. The van der Waals surface area contributed by atoms with Crippen LogP contribution in [0.25, 0.3) is 5.69 Å². The number of rotatable bonds is 5. The zero-order valence-corrected chi connectivity index (χ0v) is 14.5. The van der Waals surface area contributed by atoms with Gasteiger partial charge in [-0.3, -0.25) is 20.2 Å². The van der Waals surface area contributed by atoms with Crippen LogP contribution in [-0.4, -0.2) is 30.1 Å². The molecule has 3 aromatic rings. The van der Waals surface area contributed by atoms with Gasteiger partial charge in [-0.15, -0.1) is 5.10 Å². The summed E-state index contributed by atoms with van der Waals surface area (Å²) < 4.78 is 2.30. The fourth-order valence-electron chi connectivity index (χ4n) is 1.93. The van der Waals surface area contributed by atoms with Crippen molar-refractivity contribution in [3.8, 4) is 5.69 Å². The minimum atomic E-state index is -0.687. The molecule has 0 spiro atoms. The number of nitro groups is 2. The normalized spacial score (nSPS) is 10.6. The zero-order valence-electron chi connectivity index (χ0n) is 12.1. The fourth-order valence-corrected chi connectivity index (χ4v) is 3.07. The van der Waals surface area contributed by atoms with Crippen molar-refractivity contribution in [2.75, 3.05) is 0 Å². The molecule has 126 valence electrons. The van der Waals surface area contributed by atoms with Crippen LogP contribution in [0.1, 0.15) is 0 Å². The quantitative estimate of drug-likeness (QED) is 0.451. The van der Waals surface area contributed by atoms with E-state index in [4.69, 9.17) is 0 Å². The molecule has 0 N–H and O–H groups in total. The number of nitrogens with zero attached hydrogens (tertiary/aromatic N) is 6. The minimum absolute atomic E-state index is 0.198. The number of hydrogen-bond acceptors (Lipinski definition) is 8. The van der Waals surface area contributed by atoms with Crippen molar-refractivity contribution in [2.45, 2.75) is 10.1 Å². The molecule has 3 rings (SSSR count). The number of nitro benzene ring substituents is 2. The highest BCUT2D eigenvalue weighted by atomic mass is 79.9. The van der Waals surface area contributed by atoms with Gasteiger partial charge in [-0.1, -0.05) is 15.9 Å². The molecule has 0 aliphatic heterocycles. The first kappa shape index (κ1) is 17.0. The van der Waals surface area contributed by atoms with Crippen molar-refractivity contribution in [3.05, 3.63) is 67.2 Å². The Kier molecular flexibility index (Phi) is 4.72. The van der Waals surface area contributed by atoms with Crippen LogP contribution in [-0.2, 0) is 0 Å². The lowest BCUT2D eigenvalue weighted by Crippen LogP contribution is -1.99. The van der Waals surface area contributed by atoms with E-state index in [2.05, 4.69) is 31.5 Å². The summed E-state index contributed by atoms with van der Waals surface area (Å²) in [5.74, 6) is 0. The van der Waals surface area contributed by atoms with Gasteiger partial charge < -0.3 is 0 Å². The molecule has 0 radical (unpaired) electrons. The lowest BCUT2D eigenvalue weighted by Gasteiger charge is -2.05. The van der Waals surface area contributed by atoms with E-state index in [9.17, 15) is 20.2 Å². The summed E-state index contributed by atoms with van der Waals surface area (Å²) >= 11 is 4.27. The molecular weight excluding hydrogens is 416 g/mol.